The maximum absolute atomic E-state index is 14.1. The summed E-state index contributed by atoms with van der Waals surface area (Å²) in [6.07, 6.45) is -0.687. The lowest BCUT2D eigenvalue weighted by Crippen LogP contribution is -2.54. The zero-order chi connectivity index (χ0) is 29.7. The topological polar surface area (TPSA) is 134 Å². The molecule has 10 nitrogen and oxygen atoms in total. The van der Waals surface area contributed by atoms with Crippen molar-refractivity contribution < 1.29 is 33.8 Å². The number of rotatable bonds is 13. The number of hydrogen-bond donors (Lipinski definition) is 3. The zero-order valence-corrected chi connectivity index (χ0v) is 23.9. The molecule has 0 fully saturated rings. The van der Waals surface area contributed by atoms with E-state index < -0.39 is 48.2 Å². The van der Waals surface area contributed by atoms with Gasteiger partial charge < -0.3 is 30.1 Å². The van der Waals surface area contributed by atoms with Gasteiger partial charge in [-0.15, -0.1) is 0 Å². The molecule has 3 amide bonds. The van der Waals surface area contributed by atoms with Crippen LogP contribution in [-0.4, -0.2) is 71.8 Å². The number of hydrogen-bond acceptors (Lipinski definition) is 7. The van der Waals surface area contributed by atoms with Crippen LogP contribution < -0.4 is 10.6 Å². The van der Waals surface area contributed by atoms with Gasteiger partial charge >= 0.3 is 12.1 Å². The summed E-state index contributed by atoms with van der Waals surface area (Å²) in [5, 5.41) is 15.3. The number of aryl methyl sites for hydroxylation is 1. The van der Waals surface area contributed by atoms with E-state index in [4.69, 9.17) is 9.47 Å². The molecule has 40 heavy (non-hydrogen) atoms. The van der Waals surface area contributed by atoms with Crippen LogP contribution in [0.15, 0.2) is 54.6 Å². The fourth-order valence-corrected chi connectivity index (χ4v) is 4.01. The largest absolute Gasteiger partial charge is 0.466 e. The van der Waals surface area contributed by atoms with Crippen molar-refractivity contribution in [2.24, 2.45) is 0 Å². The minimum absolute atomic E-state index is 0.00475. The van der Waals surface area contributed by atoms with Crippen LogP contribution in [0, 0.1) is 6.92 Å². The van der Waals surface area contributed by atoms with Gasteiger partial charge in [0.05, 0.1) is 19.6 Å². The third-order valence-corrected chi connectivity index (χ3v) is 5.78. The number of ether oxygens (including phenoxy) is 2. The van der Waals surface area contributed by atoms with E-state index in [2.05, 4.69) is 10.6 Å². The van der Waals surface area contributed by atoms with Crippen molar-refractivity contribution in [1.29, 1.82) is 0 Å². The molecule has 0 heterocycles. The molecular weight excluding hydrogens is 514 g/mol. The normalized spacial score (nSPS) is 12.6. The molecule has 218 valence electrons. The predicted molar refractivity (Wildman–Crippen MR) is 150 cm³/mol. The summed E-state index contributed by atoms with van der Waals surface area (Å²) in [4.78, 5) is 53.4. The van der Waals surface area contributed by atoms with Gasteiger partial charge in [-0.3, -0.25) is 14.4 Å². The van der Waals surface area contributed by atoms with Crippen LogP contribution in [0.4, 0.5) is 4.79 Å². The highest BCUT2D eigenvalue weighted by Gasteiger charge is 2.36. The molecule has 10 heteroatoms. The van der Waals surface area contributed by atoms with Gasteiger partial charge in [-0.2, -0.15) is 0 Å². The molecule has 0 radical (unpaired) electrons. The number of carbonyl (C=O) groups is 4. The van der Waals surface area contributed by atoms with Crippen LogP contribution >= 0.6 is 0 Å². The first-order valence-electron chi connectivity index (χ1n) is 13.4. The lowest BCUT2D eigenvalue weighted by Gasteiger charge is -2.34. The van der Waals surface area contributed by atoms with Gasteiger partial charge in [0.15, 0.2) is 0 Å². The summed E-state index contributed by atoms with van der Waals surface area (Å²) in [5.41, 5.74) is 1.46. The van der Waals surface area contributed by atoms with Crippen molar-refractivity contribution in [2.45, 2.75) is 65.1 Å². The molecule has 2 unspecified atom stereocenters. The third kappa shape index (κ3) is 10.7. The van der Waals surface area contributed by atoms with Crippen LogP contribution in [0.25, 0.3) is 0 Å². The number of alkyl carbamates (subject to hydrolysis) is 1. The van der Waals surface area contributed by atoms with E-state index in [-0.39, 0.29) is 32.5 Å². The number of nitrogens with zero attached hydrogens (tertiary/aromatic N) is 1. The zero-order valence-electron chi connectivity index (χ0n) is 23.9. The molecule has 2 aromatic rings. The summed E-state index contributed by atoms with van der Waals surface area (Å²) in [5.74, 6) is -1.57. The van der Waals surface area contributed by atoms with E-state index in [1.165, 1.54) is 4.90 Å². The van der Waals surface area contributed by atoms with Crippen molar-refractivity contribution in [3.05, 3.63) is 71.3 Å². The lowest BCUT2D eigenvalue weighted by molar-refractivity contribution is -0.144. The molecule has 0 bridgehead atoms. The van der Waals surface area contributed by atoms with Crippen molar-refractivity contribution in [3.63, 3.8) is 0 Å². The van der Waals surface area contributed by atoms with E-state index in [9.17, 15) is 24.3 Å². The summed E-state index contributed by atoms with van der Waals surface area (Å²) >= 11 is 0. The van der Waals surface area contributed by atoms with E-state index in [1.807, 2.05) is 49.4 Å². The Kier molecular flexibility index (Phi) is 12.6. The minimum Gasteiger partial charge on any atom is -0.466 e. The number of benzene rings is 2. The Labute approximate surface area is 236 Å². The molecule has 0 spiro atoms. The fraction of sp³-hybridized carbons (Fsp3) is 0.467. The number of aliphatic hydroxyl groups is 1. The molecule has 0 aromatic heterocycles. The summed E-state index contributed by atoms with van der Waals surface area (Å²) in [6.45, 7) is 8.37. The quantitative estimate of drug-likeness (QED) is 0.324. The Bertz CT molecular complexity index is 1110. The average molecular weight is 556 g/mol. The molecule has 0 aliphatic rings. The molecule has 0 saturated heterocycles. The number of amides is 3. The Hall–Kier alpha value is -3.92. The van der Waals surface area contributed by atoms with Crippen molar-refractivity contribution in [1.82, 2.24) is 15.5 Å². The summed E-state index contributed by atoms with van der Waals surface area (Å²) in [7, 11) is 0. The van der Waals surface area contributed by atoms with Crippen LogP contribution in [0.3, 0.4) is 0 Å². The Morgan fingerprint density at radius 1 is 1.00 bits per heavy atom. The van der Waals surface area contributed by atoms with Gasteiger partial charge in [-0.05, 0) is 45.7 Å². The monoisotopic (exact) mass is 555 g/mol. The molecule has 2 atom stereocenters. The molecule has 2 aromatic carbocycles. The second-order valence-corrected chi connectivity index (χ2v) is 10.3. The molecule has 3 N–H and O–H groups in total. The van der Waals surface area contributed by atoms with E-state index in [1.54, 1.807) is 39.8 Å². The fourth-order valence-electron chi connectivity index (χ4n) is 4.01. The first-order chi connectivity index (χ1) is 18.9. The third-order valence-electron chi connectivity index (χ3n) is 5.78. The second-order valence-electron chi connectivity index (χ2n) is 10.3. The van der Waals surface area contributed by atoms with Gasteiger partial charge in [0.25, 0.3) is 0 Å². The lowest BCUT2D eigenvalue weighted by atomic mass is 9.99. The van der Waals surface area contributed by atoms with Crippen LogP contribution in [0.2, 0.25) is 0 Å². The number of esters is 1. The van der Waals surface area contributed by atoms with Crippen molar-refractivity contribution >= 4 is 23.9 Å². The smallest absolute Gasteiger partial charge is 0.408 e. The number of nitrogens with one attached hydrogen (secondary N) is 2. The van der Waals surface area contributed by atoms with Crippen molar-refractivity contribution in [2.75, 3.05) is 26.3 Å². The highest BCUT2D eigenvalue weighted by atomic mass is 16.6. The van der Waals surface area contributed by atoms with Gasteiger partial charge in [-0.25, -0.2) is 4.79 Å². The van der Waals surface area contributed by atoms with Crippen molar-refractivity contribution in [3.8, 4) is 0 Å². The molecule has 2 rings (SSSR count). The molecule has 0 saturated carbocycles. The summed E-state index contributed by atoms with van der Waals surface area (Å²) < 4.78 is 10.3. The maximum Gasteiger partial charge on any atom is 0.408 e. The van der Waals surface area contributed by atoms with Gasteiger partial charge in [0.2, 0.25) is 11.8 Å². The predicted octanol–water partition coefficient (Wildman–Crippen LogP) is 3.06. The Balaban J connectivity index is 2.43. The SMILES string of the molecule is CCOC(=O)CCNC(=O)C(c1ccc(C)cc1)N(CCO)C(=O)C(Cc1ccccc1)NC(=O)OC(C)(C)C. The van der Waals surface area contributed by atoms with Crippen LogP contribution in [0.5, 0.6) is 0 Å². The molecule has 0 aliphatic carbocycles. The Morgan fingerprint density at radius 2 is 1.65 bits per heavy atom. The van der Waals surface area contributed by atoms with E-state index >= 15 is 0 Å². The van der Waals surface area contributed by atoms with Crippen LogP contribution in [-0.2, 0) is 30.3 Å². The van der Waals surface area contributed by atoms with Gasteiger partial charge in [-0.1, -0.05) is 60.2 Å². The molecule has 0 aliphatic heterocycles. The van der Waals surface area contributed by atoms with Gasteiger partial charge in [0.1, 0.15) is 17.7 Å². The van der Waals surface area contributed by atoms with Gasteiger partial charge in [0, 0.05) is 19.5 Å². The standard InChI is InChI=1S/C30H41N3O7/c1-6-39-25(35)16-17-31-27(36)26(23-14-12-21(2)13-15-23)33(18-19-34)28(37)24(20-22-10-8-7-9-11-22)32-29(38)40-30(3,4)5/h7-15,24,26,34H,6,16-20H2,1-5H3,(H,31,36)(H,32,38). The minimum atomic E-state index is -1.14. The first-order valence-corrected chi connectivity index (χ1v) is 13.4. The number of aliphatic hydroxyl groups excluding tert-OH is 1. The average Bonchev–Trinajstić information content (AvgIpc) is 2.88. The summed E-state index contributed by atoms with van der Waals surface area (Å²) in [6, 6.07) is 14.0. The Morgan fingerprint density at radius 3 is 2.23 bits per heavy atom. The second kappa shape index (κ2) is 15.6. The van der Waals surface area contributed by atoms with E-state index in [0.717, 1.165) is 11.1 Å². The van der Waals surface area contributed by atoms with Crippen LogP contribution in [0.1, 0.15) is 56.8 Å². The number of carbonyl (C=O) groups excluding carboxylic acids is 4. The highest BCUT2D eigenvalue weighted by Crippen LogP contribution is 2.24. The highest BCUT2D eigenvalue weighted by molar-refractivity contribution is 5.92. The van der Waals surface area contributed by atoms with E-state index in [0.29, 0.717) is 5.56 Å². The molecular formula is C30H41N3O7. The maximum atomic E-state index is 14.1. The first kappa shape index (κ1) is 32.3.